The van der Waals surface area contributed by atoms with Crippen LogP contribution in [0.3, 0.4) is 0 Å². The monoisotopic (exact) mass is 228 g/mol. The highest BCUT2D eigenvalue weighted by atomic mass is 32.2. The average Bonchev–Trinajstić information content (AvgIpc) is 2.38. The van der Waals surface area contributed by atoms with Gasteiger partial charge in [0.25, 0.3) is 0 Å². The first kappa shape index (κ1) is 10.8. The third-order valence-corrected chi connectivity index (χ3v) is 3.28. The third kappa shape index (κ3) is 2.91. The smallest absolute Gasteiger partial charge is 0.0776 e. The summed E-state index contributed by atoms with van der Waals surface area (Å²) in [6.45, 7) is 0. The van der Waals surface area contributed by atoms with Crippen LogP contribution in [-0.4, -0.2) is 4.21 Å². The summed E-state index contributed by atoms with van der Waals surface area (Å²) in [4.78, 5) is 0.828. The molecule has 0 fully saturated rings. The van der Waals surface area contributed by atoms with Gasteiger partial charge in [-0.25, -0.2) is 4.21 Å². The topological polar surface area (TPSA) is 17.1 Å². The van der Waals surface area contributed by atoms with Crippen molar-refractivity contribution < 1.29 is 4.21 Å². The van der Waals surface area contributed by atoms with Crippen LogP contribution in [-0.2, 0) is 10.8 Å². The van der Waals surface area contributed by atoms with Gasteiger partial charge < -0.3 is 0 Å². The Morgan fingerprint density at radius 2 is 1.38 bits per heavy atom. The van der Waals surface area contributed by atoms with Gasteiger partial charge in [0.15, 0.2) is 0 Å². The zero-order chi connectivity index (χ0) is 11.2. The highest BCUT2D eigenvalue weighted by Gasteiger charge is 1.96. The van der Waals surface area contributed by atoms with Crippen LogP contribution in [0.4, 0.5) is 0 Å². The number of hydrogen-bond donors (Lipinski definition) is 0. The molecular formula is C14H12OS. The third-order valence-electron chi connectivity index (χ3n) is 2.16. The Balaban J connectivity index is 2.12. The van der Waals surface area contributed by atoms with E-state index in [-0.39, 0.29) is 0 Å². The lowest BCUT2D eigenvalue weighted by molar-refractivity contribution is 0.688. The van der Waals surface area contributed by atoms with Gasteiger partial charge in [0, 0.05) is 10.3 Å². The minimum Gasteiger partial charge on any atom is -0.250 e. The van der Waals surface area contributed by atoms with Crippen LogP contribution in [0.1, 0.15) is 5.56 Å². The molecule has 1 nitrogen and oxygen atoms in total. The number of benzene rings is 2. The molecule has 2 heteroatoms. The predicted molar refractivity (Wildman–Crippen MR) is 68.3 cm³/mol. The second-order valence-corrected chi connectivity index (χ2v) is 4.66. The SMILES string of the molecule is O=S(/C=C\c1ccccc1)c1ccccc1. The van der Waals surface area contributed by atoms with Gasteiger partial charge in [0.1, 0.15) is 0 Å². The second kappa shape index (κ2) is 5.42. The Labute approximate surface area is 97.9 Å². The lowest BCUT2D eigenvalue weighted by Gasteiger charge is -1.95. The van der Waals surface area contributed by atoms with Gasteiger partial charge in [-0.15, -0.1) is 0 Å². The Hall–Kier alpha value is -1.67. The van der Waals surface area contributed by atoms with E-state index < -0.39 is 10.8 Å². The molecule has 0 saturated carbocycles. The van der Waals surface area contributed by atoms with Crippen LogP contribution in [0.5, 0.6) is 0 Å². The predicted octanol–water partition coefficient (Wildman–Crippen LogP) is 3.47. The molecule has 0 aliphatic carbocycles. The summed E-state index contributed by atoms with van der Waals surface area (Å²) >= 11 is 0. The normalized spacial score (nSPS) is 12.8. The van der Waals surface area contributed by atoms with Crippen molar-refractivity contribution in [3.05, 3.63) is 71.6 Å². The quantitative estimate of drug-likeness (QED) is 0.786. The maximum Gasteiger partial charge on any atom is 0.0776 e. The van der Waals surface area contributed by atoms with E-state index in [9.17, 15) is 4.21 Å². The van der Waals surface area contributed by atoms with E-state index >= 15 is 0 Å². The van der Waals surface area contributed by atoms with E-state index in [2.05, 4.69) is 0 Å². The second-order valence-electron chi connectivity index (χ2n) is 3.32. The maximum absolute atomic E-state index is 11.8. The van der Waals surface area contributed by atoms with Crippen molar-refractivity contribution in [2.45, 2.75) is 4.90 Å². The van der Waals surface area contributed by atoms with Crippen LogP contribution in [0.15, 0.2) is 71.0 Å². The fourth-order valence-electron chi connectivity index (χ4n) is 1.34. The van der Waals surface area contributed by atoms with Crippen LogP contribution in [0, 0.1) is 0 Å². The lowest BCUT2D eigenvalue weighted by Crippen LogP contribution is -1.84. The van der Waals surface area contributed by atoms with Gasteiger partial charge in [0.05, 0.1) is 10.8 Å². The first-order chi connectivity index (χ1) is 7.86. The zero-order valence-electron chi connectivity index (χ0n) is 8.74. The fraction of sp³-hybridized carbons (Fsp3) is 0. The summed E-state index contributed by atoms with van der Waals surface area (Å²) in [6, 6.07) is 19.3. The van der Waals surface area contributed by atoms with E-state index in [0.29, 0.717) is 0 Å². The summed E-state index contributed by atoms with van der Waals surface area (Å²) in [5.41, 5.74) is 1.06. The largest absolute Gasteiger partial charge is 0.250 e. The molecule has 2 aromatic rings. The molecule has 0 saturated heterocycles. The van der Waals surface area contributed by atoms with Crippen molar-refractivity contribution in [3.63, 3.8) is 0 Å². The van der Waals surface area contributed by atoms with Crippen molar-refractivity contribution >= 4 is 16.9 Å². The van der Waals surface area contributed by atoms with Gasteiger partial charge in [-0.3, -0.25) is 0 Å². The summed E-state index contributed by atoms with van der Waals surface area (Å²) in [7, 11) is -1.06. The number of rotatable bonds is 3. The molecule has 0 spiro atoms. The van der Waals surface area contributed by atoms with Crippen molar-refractivity contribution in [1.82, 2.24) is 0 Å². The molecule has 1 unspecified atom stereocenters. The molecular weight excluding hydrogens is 216 g/mol. The summed E-state index contributed by atoms with van der Waals surface area (Å²) in [6.07, 6.45) is 1.88. The Morgan fingerprint density at radius 3 is 2.00 bits per heavy atom. The molecule has 0 amide bonds. The molecule has 0 radical (unpaired) electrons. The summed E-state index contributed by atoms with van der Waals surface area (Å²) < 4.78 is 11.8. The van der Waals surface area contributed by atoms with Crippen molar-refractivity contribution in [1.29, 1.82) is 0 Å². The van der Waals surface area contributed by atoms with Crippen LogP contribution < -0.4 is 0 Å². The van der Waals surface area contributed by atoms with Crippen LogP contribution in [0.2, 0.25) is 0 Å². The van der Waals surface area contributed by atoms with Crippen molar-refractivity contribution in [2.75, 3.05) is 0 Å². The van der Waals surface area contributed by atoms with E-state index in [1.54, 1.807) is 5.41 Å². The van der Waals surface area contributed by atoms with Crippen molar-refractivity contribution in [2.24, 2.45) is 0 Å². The molecule has 0 aliphatic heterocycles. The van der Waals surface area contributed by atoms with E-state index in [0.717, 1.165) is 10.5 Å². The summed E-state index contributed by atoms with van der Waals surface area (Å²) in [5, 5.41) is 1.71. The standard InChI is InChI=1S/C14H12OS/c15-16(14-9-5-2-6-10-14)12-11-13-7-3-1-4-8-13/h1-12H/b12-11-. The molecule has 16 heavy (non-hydrogen) atoms. The number of hydrogen-bond acceptors (Lipinski definition) is 1. The van der Waals surface area contributed by atoms with Gasteiger partial charge in [-0.05, 0) is 23.8 Å². The first-order valence-electron chi connectivity index (χ1n) is 5.05. The highest BCUT2D eigenvalue weighted by Crippen LogP contribution is 2.09. The molecule has 2 aromatic carbocycles. The molecule has 80 valence electrons. The fourth-order valence-corrected chi connectivity index (χ4v) is 2.20. The van der Waals surface area contributed by atoms with Crippen LogP contribution in [0.25, 0.3) is 6.08 Å². The lowest BCUT2D eigenvalue weighted by atomic mass is 10.2. The molecule has 0 aromatic heterocycles. The van der Waals surface area contributed by atoms with Gasteiger partial charge >= 0.3 is 0 Å². The van der Waals surface area contributed by atoms with E-state index in [1.807, 2.05) is 66.7 Å². The highest BCUT2D eigenvalue weighted by molar-refractivity contribution is 7.88. The minimum absolute atomic E-state index is 0.828. The maximum atomic E-state index is 11.8. The van der Waals surface area contributed by atoms with E-state index in [1.165, 1.54) is 0 Å². The molecule has 0 bridgehead atoms. The average molecular weight is 228 g/mol. The van der Waals surface area contributed by atoms with Gasteiger partial charge in [-0.2, -0.15) is 0 Å². The molecule has 0 aliphatic rings. The summed E-state index contributed by atoms with van der Waals surface area (Å²) in [5.74, 6) is 0. The molecule has 2 rings (SSSR count). The van der Waals surface area contributed by atoms with Crippen LogP contribution >= 0.6 is 0 Å². The Kier molecular flexibility index (Phi) is 3.67. The zero-order valence-corrected chi connectivity index (χ0v) is 9.56. The molecule has 0 heterocycles. The Bertz CT molecular complexity index is 489. The van der Waals surface area contributed by atoms with Crippen molar-refractivity contribution in [3.8, 4) is 0 Å². The Morgan fingerprint density at radius 1 is 0.812 bits per heavy atom. The van der Waals surface area contributed by atoms with Gasteiger partial charge in [0.2, 0.25) is 0 Å². The van der Waals surface area contributed by atoms with Gasteiger partial charge in [-0.1, -0.05) is 48.5 Å². The first-order valence-corrected chi connectivity index (χ1v) is 6.26. The molecule has 0 N–H and O–H groups in total. The minimum atomic E-state index is -1.06. The molecule has 1 atom stereocenters. The van der Waals surface area contributed by atoms with E-state index in [4.69, 9.17) is 0 Å².